The van der Waals surface area contributed by atoms with E-state index in [2.05, 4.69) is 10.4 Å². The van der Waals surface area contributed by atoms with Crippen molar-refractivity contribution in [1.29, 1.82) is 0 Å². The molecule has 1 aliphatic rings. The van der Waals surface area contributed by atoms with Crippen LogP contribution in [0.25, 0.3) is 11.3 Å². The lowest BCUT2D eigenvalue weighted by atomic mass is 10.1. The summed E-state index contributed by atoms with van der Waals surface area (Å²) in [5.74, 6) is 0.00601. The van der Waals surface area contributed by atoms with Crippen LogP contribution in [0.15, 0.2) is 30.3 Å². The molecule has 1 amide bonds. The average molecular weight is 375 g/mol. The summed E-state index contributed by atoms with van der Waals surface area (Å²) in [6.45, 7) is 5.96. The van der Waals surface area contributed by atoms with Crippen LogP contribution >= 0.6 is 0 Å². The van der Waals surface area contributed by atoms with Gasteiger partial charge in [0.1, 0.15) is 0 Å². The Morgan fingerprint density at radius 3 is 2.62 bits per heavy atom. The van der Waals surface area contributed by atoms with Crippen LogP contribution in [0, 0.1) is 6.92 Å². The molecule has 26 heavy (non-hydrogen) atoms. The van der Waals surface area contributed by atoms with Crippen LogP contribution in [-0.2, 0) is 9.84 Å². The molecule has 2 aromatic rings. The number of nitrogens with zero attached hydrogens (tertiary/aromatic N) is 2. The molecule has 2 heterocycles. The molecule has 0 bridgehead atoms. The van der Waals surface area contributed by atoms with E-state index in [1.54, 1.807) is 10.7 Å². The van der Waals surface area contributed by atoms with E-state index < -0.39 is 9.84 Å². The SMILES string of the molecule is CCC(C)NC(=O)c1cc(-c2ccc(C)cc2)n(C2CCS(=O)(=O)C2)n1. The van der Waals surface area contributed by atoms with Crippen LogP contribution < -0.4 is 5.32 Å². The third kappa shape index (κ3) is 3.98. The van der Waals surface area contributed by atoms with E-state index in [1.165, 1.54) is 0 Å². The van der Waals surface area contributed by atoms with E-state index in [0.717, 1.165) is 23.2 Å². The number of aromatic nitrogens is 2. The van der Waals surface area contributed by atoms with Crippen molar-refractivity contribution in [3.63, 3.8) is 0 Å². The average Bonchev–Trinajstić information content (AvgIpc) is 3.18. The summed E-state index contributed by atoms with van der Waals surface area (Å²) in [7, 11) is -3.04. The number of benzene rings is 1. The van der Waals surface area contributed by atoms with Crippen LogP contribution in [-0.4, -0.2) is 41.7 Å². The molecule has 0 spiro atoms. The Kier molecular flexibility index (Phi) is 5.18. The third-order valence-electron chi connectivity index (χ3n) is 4.86. The minimum Gasteiger partial charge on any atom is -0.348 e. The molecule has 3 rings (SSSR count). The summed E-state index contributed by atoms with van der Waals surface area (Å²) < 4.78 is 25.5. The molecule has 140 valence electrons. The van der Waals surface area contributed by atoms with Gasteiger partial charge in [0.25, 0.3) is 5.91 Å². The fraction of sp³-hybridized carbons (Fsp3) is 0.474. The molecule has 1 aromatic heterocycles. The van der Waals surface area contributed by atoms with E-state index in [0.29, 0.717) is 12.1 Å². The van der Waals surface area contributed by atoms with Gasteiger partial charge in [0, 0.05) is 6.04 Å². The number of sulfone groups is 1. The quantitative estimate of drug-likeness (QED) is 0.871. The van der Waals surface area contributed by atoms with Crippen molar-refractivity contribution >= 4 is 15.7 Å². The standard InChI is InChI=1S/C19H25N3O3S/c1-4-14(3)20-19(23)17-11-18(15-7-5-13(2)6-8-15)22(21-17)16-9-10-26(24,25)12-16/h5-8,11,14,16H,4,9-10,12H2,1-3H3,(H,20,23). The summed E-state index contributed by atoms with van der Waals surface area (Å²) in [5.41, 5.74) is 3.17. The largest absolute Gasteiger partial charge is 0.348 e. The highest BCUT2D eigenvalue weighted by molar-refractivity contribution is 7.91. The second-order valence-corrected chi connectivity index (χ2v) is 9.29. The molecule has 2 unspecified atom stereocenters. The van der Waals surface area contributed by atoms with E-state index in [9.17, 15) is 13.2 Å². The highest BCUT2D eigenvalue weighted by Gasteiger charge is 2.32. The van der Waals surface area contributed by atoms with E-state index in [4.69, 9.17) is 0 Å². The molecule has 1 N–H and O–H groups in total. The molecular weight excluding hydrogens is 350 g/mol. The number of hydrogen-bond donors (Lipinski definition) is 1. The van der Waals surface area contributed by atoms with Gasteiger partial charge >= 0.3 is 0 Å². The van der Waals surface area contributed by atoms with Crippen molar-refractivity contribution in [2.45, 2.75) is 45.7 Å². The molecular formula is C19H25N3O3S. The molecule has 1 aromatic carbocycles. The molecule has 0 saturated carbocycles. The minimum atomic E-state index is -3.04. The summed E-state index contributed by atoms with van der Waals surface area (Å²) in [6.07, 6.45) is 1.35. The van der Waals surface area contributed by atoms with Crippen molar-refractivity contribution in [1.82, 2.24) is 15.1 Å². The summed E-state index contributed by atoms with van der Waals surface area (Å²) >= 11 is 0. The zero-order valence-electron chi connectivity index (χ0n) is 15.4. The second-order valence-electron chi connectivity index (χ2n) is 7.07. The number of aryl methyl sites for hydroxylation is 1. The molecule has 1 saturated heterocycles. The monoisotopic (exact) mass is 375 g/mol. The smallest absolute Gasteiger partial charge is 0.272 e. The Hall–Kier alpha value is -2.15. The number of carbonyl (C=O) groups is 1. The molecule has 0 radical (unpaired) electrons. The zero-order chi connectivity index (χ0) is 18.9. The first-order valence-electron chi connectivity index (χ1n) is 8.97. The molecule has 1 aliphatic heterocycles. The molecule has 0 aliphatic carbocycles. The summed E-state index contributed by atoms with van der Waals surface area (Å²) in [4.78, 5) is 12.5. The topological polar surface area (TPSA) is 81.1 Å². The number of hydrogen-bond acceptors (Lipinski definition) is 4. The Balaban J connectivity index is 2.00. The van der Waals surface area contributed by atoms with Crippen molar-refractivity contribution < 1.29 is 13.2 Å². The maximum Gasteiger partial charge on any atom is 0.272 e. The third-order valence-corrected chi connectivity index (χ3v) is 6.61. The highest BCUT2D eigenvalue weighted by atomic mass is 32.2. The maximum absolute atomic E-state index is 12.5. The van der Waals surface area contributed by atoms with E-state index >= 15 is 0 Å². The lowest BCUT2D eigenvalue weighted by molar-refractivity contribution is 0.0933. The van der Waals surface area contributed by atoms with Crippen molar-refractivity contribution in [3.05, 3.63) is 41.6 Å². The lowest BCUT2D eigenvalue weighted by Gasteiger charge is -2.13. The van der Waals surface area contributed by atoms with Crippen LogP contribution in [0.2, 0.25) is 0 Å². The molecule has 6 nitrogen and oxygen atoms in total. The van der Waals surface area contributed by atoms with Crippen molar-refractivity contribution in [2.24, 2.45) is 0 Å². The Bertz CT molecular complexity index is 901. The van der Waals surface area contributed by atoms with Gasteiger partial charge in [0.05, 0.1) is 23.2 Å². The van der Waals surface area contributed by atoms with E-state index in [-0.39, 0.29) is 29.5 Å². The van der Waals surface area contributed by atoms with Gasteiger partial charge in [0.15, 0.2) is 15.5 Å². The van der Waals surface area contributed by atoms with Gasteiger partial charge in [-0.2, -0.15) is 5.10 Å². The van der Waals surface area contributed by atoms with E-state index in [1.807, 2.05) is 45.0 Å². The Labute approximate surface area is 154 Å². The lowest BCUT2D eigenvalue weighted by Crippen LogP contribution is -2.32. The van der Waals surface area contributed by atoms with Gasteiger partial charge < -0.3 is 5.32 Å². The van der Waals surface area contributed by atoms with Crippen molar-refractivity contribution in [3.8, 4) is 11.3 Å². The summed E-state index contributed by atoms with van der Waals surface area (Å²) in [5, 5.41) is 7.40. The normalized spacial score (nSPS) is 20.0. The molecule has 2 atom stereocenters. The van der Waals surface area contributed by atoms with Gasteiger partial charge in [-0.05, 0) is 38.3 Å². The predicted molar refractivity (Wildman–Crippen MR) is 102 cm³/mol. The maximum atomic E-state index is 12.5. The van der Waals surface area contributed by atoms with Gasteiger partial charge in [-0.1, -0.05) is 36.8 Å². The first-order valence-corrected chi connectivity index (χ1v) is 10.8. The number of carbonyl (C=O) groups excluding carboxylic acids is 1. The van der Waals surface area contributed by atoms with Crippen LogP contribution in [0.3, 0.4) is 0 Å². The first-order chi connectivity index (χ1) is 12.3. The number of rotatable bonds is 5. The molecule has 1 fully saturated rings. The second kappa shape index (κ2) is 7.23. The fourth-order valence-electron chi connectivity index (χ4n) is 3.09. The highest BCUT2D eigenvalue weighted by Crippen LogP contribution is 2.30. The minimum absolute atomic E-state index is 0.0577. The fourth-order valence-corrected chi connectivity index (χ4v) is 4.78. The van der Waals surface area contributed by atoms with Gasteiger partial charge in [0.2, 0.25) is 0 Å². The Morgan fingerprint density at radius 1 is 1.35 bits per heavy atom. The number of nitrogens with one attached hydrogen (secondary N) is 1. The van der Waals surface area contributed by atoms with Gasteiger partial charge in [-0.15, -0.1) is 0 Å². The van der Waals surface area contributed by atoms with Gasteiger partial charge in [-0.3, -0.25) is 9.48 Å². The zero-order valence-corrected chi connectivity index (χ0v) is 16.2. The van der Waals surface area contributed by atoms with Crippen LogP contribution in [0.1, 0.15) is 48.8 Å². The number of amides is 1. The van der Waals surface area contributed by atoms with Gasteiger partial charge in [-0.25, -0.2) is 8.42 Å². The van der Waals surface area contributed by atoms with Crippen LogP contribution in [0.5, 0.6) is 0 Å². The van der Waals surface area contributed by atoms with Crippen molar-refractivity contribution in [2.75, 3.05) is 11.5 Å². The Morgan fingerprint density at radius 2 is 2.04 bits per heavy atom. The van der Waals surface area contributed by atoms with Crippen LogP contribution in [0.4, 0.5) is 0 Å². The predicted octanol–water partition coefficient (Wildman–Crippen LogP) is 2.75. The first kappa shape index (κ1) is 18.6. The molecule has 7 heteroatoms. The summed E-state index contributed by atoms with van der Waals surface area (Å²) in [6, 6.07) is 9.52.